The monoisotopic (exact) mass is 260 g/mol. The van der Waals surface area contributed by atoms with Gasteiger partial charge in [0.15, 0.2) is 0 Å². The fraction of sp³-hybridized carbons (Fsp3) is 0.714. The standard InChI is InChI=1S/C14H20N4O/c1-2-8-18(7-1)13-5-6-15-14(17-13)16-11-9-10-3-4-12(11)19-10/h5-6,10-12H,1-4,7-9H2,(H,15,16,17). The molecule has 1 aromatic rings. The van der Waals surface area contributed by atoms with Gasteiger partial charge in [0.2, 0.25) is 5.95 Å². The fourth-order valence-corrected chi connectivity index (χ4v) is 3.50. The van der Waals surface area contributed by atoms with Gasteiger partial charge in [-0.1, -0.05) is 0 Å². The Kier molecular flexibility index (Phi) is 2.80. The number of aromatic nitrogens is 2. The van der Waals surface area contributed by atoms with Crippen LogP contribution in [0.4, 0.5) is 11.8 Å². The highest BCUT2D eigenvalue weighted by Gasteiger charge is 2.41. The van der Waals surface area contributed by atoms with E-state index in [0.717, 1.165) is 31.3 Å². The van der Waals surface area contributed by atoms with E-state index in [1.165, 1.54) is 25.7 Å². The maximum Gasteiger partial charge on any atom is 0.224 e. The Labute approximate surface area is 113 Å². The summed E-state index contributed by atoms with van der Waals surface area (Å²) in [7, 11) is 0. The number of anilines is 2. The maximum atomic E-state index is 5.86. The van der Waals surface area contributed by atoms with Gasteiger partial charge in [0, 0.05) is 19.3 Å². The molecule has 5 nitrogen and oxygen atoms in total. The first-order valence-corrected chi connectivity index (χ1v) is 7.38. The number of ether oxygens (including phenoxy) is 1. The van der Waals surface area contributed by atoms with Gasteiger partial charge in [-0.2, -0.15) is 4.98 Å². The SMILES string of the molecule is c1cc(N2CCCC2)nc(NC2CC3CCC2O3)n1. The lowest BCUT2D eigenvalue weighted by Gasteiger charge is -2.21. The Bertz CT molecular complexity index is 461. The molecule has 0 aliphatic carbocycles. The number of nitrogens with one attached hydrogen (secondary N) is 1. The van der Waals surface area contributed by atoms with Crippen molar-refractivity contribution in [1.82, 2.24) is 9.97 Å². The molecular formula is C14H20N4O. The van der Waals surface area contributed by atoms with Gasteiger partial charge < -0.3 is 15.0 Å². The van der Waals surface area contributed by atoms with Crippen molar-refractivity contribution in [1.29, 1.82) is 0 Å². The van der Waals surface area contributed by atoms with Gasteiger partial charge in [0.05, 0.1) is 18.2 Å². The zero-order valence-corrected chi connectivity index (χ0v) is 11.1. The summed E-state index contributed by atoms with van der Waals surface area (Å²) in [6, 6.07) is 2.40. The van der Waals surface area contributed by atoms with Crippen molar-refractivity contribution in [3.8, 4) is 0 Å². The Hall–Kier alpha value is -1.36. The summed E-state index contributed by atoms with van der Waals surface area (Å²) < 4.78 is 5.86. The lowest BCUT2D eigenvalue weighted by atomic mass is 9.96. The molecule has 2 bridgehead atoms. The molecule has 0 radical (unpaired) electrons. The predicted octanol–water partition coefficient (Wildman–Crippen LogP) is 1.81. The molecule has 3 aliphatic heterocycles. The van der Waals surface area contributed by atoms with Gasteiger partial charge in [-0.05, 0) is 38.2 Å². The molecule has 102 valence electrons. The predicted molar refractivity (Wildman–Crippen MR) is 73.4 cm³/mol. The van der Waals surface area contributed by atoms with Crippen molar-refractivity contribution in [3.63, 3.8) is 0 Å². The minimum Gasteiger partial charge on any atom is -0.373 e. The number of nitrogens with zero attached hydrogens (tertiary/aromatic N) is 3. The molecule has 5 heteroatoms. The van der Waals surface area contributed by atoms with E-state index in [0.29, 0.717) is 18.2 Å². The summed E-state index contributed by atoms with van der Waals surface area (Å²) in [6.07, 6.45) is 8.72. The summed E-state index contributed by atoms with van der Waals surface area (Å²) in [5.74, 6) is 1.81. The number of hydrogen-bond donors (Lipinski definition) is 1. The third kappa shape index (κ3) is 2.16. The average molecular weight is 260 g/mol. The molecule has 3 atom stereocenters. The van der Waals surface area contributed by atoms with Crippen molar-refractivity contribution in [3.05, 3.63) is 12.3 Å². The van der Waals surface area contributed by atoms with Crippen LogP contribution in [-0.4, -0.2) is 41.3 Å². The van der Waals surface area contributed by atoms with Crippen LogP contribution in [0.25, 0.3) is 0 Å². The lowest BCUT2D eigenvalue weighted by molar-refractivity contribution is 0.102. The minimum absolute atomic E-state index is 0.365. The van der Waals surface area contributed by atoms with Gasteiger partial charge in [-0.15, -0.1) is 0 Å². The highest BCUT2D eigenvalue weighted by Crippen LogP contribution is 2.35. The Morgan fingerprint density at radius 2 is 2.16 bits per heavy atom. The molecular weight excluding hydrogens is 240 g/mol. The largest absolute Gasteiger partial charge is 0.373 e. The van der Waals surface area contributed by atoms with Gasteiger partial charge in [-0.3, -0.25) is 0 Å². The van der Waals surface area contributed by atoms with Crippen molar-refractivity contribution in [2.45, 2.75) is 50.4 Å². The molecule has 3 saturated heterocycles. The molecule has 0 spiro atoms. The lowest BCUT2D eigenvalue weighted by Crippen LogP contribution is -2.31. The molecule has 0 saturated carbocycles. The third-order valence-electron chi connectivity index (χ3n) is 4.49. The number of hydrogen-bond acceptors (Lipinski definition) is 5. The summed E-state index contributed by atoms with van der Waals surface area (Å²) in [4.78, 5) is 11.3. The minimum atomic E-state index is 0.365. The van der Waals surface area contributed by atoms with Crippen LogP contribution in [0.5, 0.6) is 0 Å². The maximum absolute atomic E-state index is 5.86. The van der Waals surface area contributed by atoms with Gasteiger partial charge >= 0.3 is 0 Å². The van der Waals surface area contributed by atoms with Gasteiger partial charge in [0.1, 0.15) is 5.82 Å². The summed E-state index contributed by atoms with van der Waals surface area (Å²) >= 11 is 0. The molecule has 1 N–H and O–H groups in total. The topological polar surface area (TPSA) is 50.3 Å². The molecule has 19 heavy (non-hydrogen) atoms. The second-order valence-corrected chi connectivity index (χ2v) is 5.79. The fourth-order valence-electron chi connectivity index (χ4n) is 3.50. The number of fused-ring (bicyclic) bond motifs is 2. The van der Waals surface area contributed by atoms with E-state index in [1.54, 1.807) is 0 Å². The summed E-state index contributed by atoms with van der Waals surface area (Å²) in [5.41, 5.74) is 0. The van der Waals surface area contributed by atoms with E-state index in [9.17, 15) is 0 Å². The van der Waals surface area contributed by atoms with Crippen LogP contribution < -0.4 is 10.2 Å². The highest BCUT2D eigenvalue weighted by molar-refractivity contribution is 5.43. The normalized spacial score (nSPS) is 33.1. The molecule has 1 aromatic heterocycles. The van der Waals surface area contributed by atoms with E-state index in [-0.39, 0.29) is 0 Å². The van der Waals surface area contributed by atoms with E-state index in [2.05, 4.69) is 20.2 Å². The highest BCUT2D eigenvalue weighted by atomic mass is 16.5. The van der Waals surface area contributed by atoms with E-state index >= 15 is 0 Å². The van der Waals surface area contributed by atoms with Crippen LogP contribution in [0.1, 0.15) is 32.1 Å². The van der Waals surface area contributed by atoms with Crippen LogP contribution in [0.3, 0.4) is 0 Å². The Morgan fingerprint density at radius 3 is 2.89 bits per heavy atom. The van der Waals surface area contributed by atoms with Crippen LogP contribution >= 0.6 is 0 Å². The summed E-state index contributed by atoms with van der Waals surface area (Å²) in [5, 5.41) is 3.46. The molecule has 4 rings (SSSR count). The van der Waals surface area contributed by atoms with Crippen molar-refractivity contribution < 1.29 is 4.74 Å². The number of rotatable bonds is 3. The van der Waals surface area contributed by atoms with E-state index in [1.807, 2.05) is 12.3 Å². The average Bonchev–Trinajstić information content (AvgIpc) is 3.17. The van der Waals surface area contributed by atoms with E-state index in [4.69, 9.17) is 4.74 Å². The van der Waals surface area contributed by atoms with Gasteiger partial charge in [0.25, 0.3) is 0 Å². The molecule has 3 fully saturated rings. The first-order valence-electron chi connectivity index (χ1n) is 7.38. The van der Waals surface area contributed by atoms with Crippen molar-refractivity contribution >= 4 is 11.8 Å². The molecule has 3 aliphatic rings. The third-order valence-corrected chi connectivity index (χ3v) is 4.49. The summed E-state index contributed by atoms with van der Waals surface area (Å²) in [6.45, 7) is 2.24. The van der Waals surface area contributed by atoms with Gasteiger partial charge in [-0.25, -0.2) is 4.98 Å². The quantitative estimate of drug-likeness (QED) is 0.898. The molecule has 3 unspecified atom stereocenters. The van der Waals surface area contributed by atoms with Crippen molar-refractivity contribution in [2.75, 3.05) is 23.3 Å². The first kappa shape index (κ1) is 11.5. The van der Waals surface area contributed by atoms with Crippen LogP contribution in [0.15, 0.2) is 12.3 Å². The van der Waals surface area contributed by atoms with Crippen LogP contribution in [0, 0.1) is 0 Å². The second-order valence-electron chi connectivity index (χ2n) is 5.79. The zero-order chi connectivity index (χ0) is 12.7. The molecule has 0 aromatic carbocycles. The van der Waals surface area contributed by atoms with E-state index < -0.39 is 0 Å². The van der Waals surface area contributed by atoms with Crippen molar-refractivity contribution in [2.24, 2.45) is 0 Å². The van der Waals surface area contributed by atoms with Crippen LogP contribution in [-0.2, 0) is 4.74 Å². The Morgan fingerprint density at radius 1 is 1.26 bits per heavy atom. The smallest absolute Gasteiger partial charge is 0.224 e. The Balaban J connectivity index is 1.47. The first-order chi connectivity index (χ1) is 9.38. The zero-order valence-electron chi connectivity index (χ0n) is 11.1. The molecule has 0 amide bonds. The molecule has 4 heterocycles. The van der Waals surface area contributed by atoms with Crippen LogP contribution in [0.2, 0.25) is 0 Å². The second kappa shape index (κ2) is 4.63.